The highest BCUT2D eigenvalue weighted by Crippen LogP contribution is 2.49. The van der Waals surface area contributed by atoms with Crippen LogP contribution in [0.25, 0.3) is 0 Å². The molecule has 3 rings (SSSR count). The molecule has 31 heavy (non-hydrogen) atoms. The van der Waals surface area contributed by atoms with Crippen LogP contribution in [-0.2, 0) is 14.6 Å². The SMILES string of the molecule is CCCC[C@@]1(CC)CS(=O)(=O)c2ccc(OCCOC)cc2[C@@H](c2ccccc2)[C@H]1O. The van der Waals surface area contributed by atoms with Crippen LogP contribution in [-0.4, -0.2) is 45.7 Å². The molecular weight excluding hydrogens is 412 g/mol. The van der Waals surface area contributed by atoms with Gasteiger partial charge in [-0.2, -0.15) is 0 Å². The van der Waals surface area contributed by atoms with E-state index in [9.17, 15) is 13.5 Å². The zero-order chi connectivity index (χ0) is 22.5. The lowest BCUT2D eigenvalue weighted by atomic mass is 9.69. The number of unbranched alkanes of at least 4 members (excludes halogenated alkanes) is 1. The first kappa shape index (κ1) is 23.8. The third kappa shape index (κ3) is 4.97. The molecule has 0 aliphatic carbocycles. The minimum atomic E-state index is -3.58. The van der Waals surface area contributed by atoms with Crippen LogP contribution >= 0.6 is 0 Å². The predicted octanol–water partition coefficient (Wildman–Crippen LogP) is 4.58. The van der Waals surface area contributed by atoms with Gasteiger partial charge in [-0.15, -0.1) is 0 Å². The van der Waals surface area contributed by atoms with Gasteiger partial charge < -0.3 is 14.6 Å². The number of methoxy groups -OCH3 is 1. The maximum Gasteiger partial charge on any atom is 0.179 e. The van der Waals surface area contributed by atoms with Crippen LogP contribution in [0, 0.1) is 5.41 Å². The van der Waals surface area contributed by atoms with Gasteiger partial charge >= 0.3 is 0 Å². The van der Waals surface area contributed by atoms with E-state index >= 15 is 0 Å². The normalized spacial score (nSPS) is 24.9. The lowest BCUT2D eigenvalue weighted by molar-refractivity contribution is 0.0173. The van der Waals surface area contributed by atoms with E-state index in [0.29, 0.717) is 42.3 Å². The number of sulfone groups is 1. The average Bonchev–Trinajstić information content (AvgIpc) is 2.84. The summed E-state index contributed by atoms with van der Waals surface area (Å²) in [7, 11) is -1.98. The summed E-state index contributed by atoms with van der Waals surface area (Å²) < 4.78 is 37.9. The Bertz CT molecular complexity index is 957. The summed E-state index contributed by atoms with van der Waals surface area (Å²) in [6, 6.07) is 14.8. The third-order valence-electron chi connectivity index (χ3n) is 6.52. The van der Waals surface area contributed by atoms with E-state index in [4.69, 9.17) is 9.47 Å². The van der Waals surface area contributed by atoms with Gasteiger partial charge in [0, 0.05) is 18.4 Å². The number of benzene rings is 2. The molecule has 0 aromatic heterocycles. The van der Waals surface area contributed by atoms with Crippen molar-refractivity contribution in [3.8, 4) is 5.75 Å². The Morgan fingerprint density at radius 1 is 1.10 bits per heavy atom. The number of hydrogen-bond donors (Lipinski definition) is 1. The molecule has 170 valence electrons. The number of ether oxygens (including phenoxy) is 2. The molecule has 3 atom stereocenters. The number of hydrogen-bond acceptors (Lipinski definition) is 5. The van der Waals surface area contributed by atoms with Crippen molar-refractivity contribution in [2.24, 2.45) is 5.41 Å². The molecule has 0 unspecified atom stereocenters. The minimum absolute atomic E-state index is 0.0438. The van der Waals surface area contributed by atoms with Gasteiger partial charge in [0.1, 0.15) is 12.4 Å². The van der Waals surface area contributed by atoms with E-state index in [1.807, 2.05) is 37.3 Å². The van der Waals surface area contributed by atoms with Crippen molar-refractivity contribution in [2.45, 2.75) is 56.4 Å². The molecule has 2 aromatic rings. The second kappa shape index (κ2) is 10.2. The first-order valence-electron chi connectivity index (χ1n) is 11.1. The monoisotopic (exact) mass is 446 g/mol. The molecule has 2 aromatic carbocycles. The van der Waals surface area contributed by atoms with Gasteiger partial charge in [-0.3, -0.25) is 0 Å². The molecule has 0 spiro atoms. The van der Waals surface area contributed by atoms with Crippen LogP contribution in [0.4, 0.5) is 0 Å². The predicted molar refractivity (Wildman–Crippen MR) is 122 cm³/mol. The van der Waals surface area contributed by atoms with Gasteiger partial charge in [0.25, 0.3) is 0 Å². The van der Waals surface area contributed by atoms with E-state index in [1.165, 1.54) is 0 Å². The fraction of sp³-hybridized carbons (Fsp3) is 0.520. The summed E-state index contributed by atoms with van der Waals surface area (Å²) in [6.07, 6.45) is 2.28. The molecule has 1 heterocycles. The topological polar surface area (TPSA) is 72.8 Å². The molecule has 1 N–H and O–H groups in total. The smallest absolute Gasteiger partial charge is 0.179 e. The van der Waals surface area contributed by atoms with Gasteiger partial charge in [0.15, 0.2) is 9.84 Å². The first-order chi connectivity index (χ1) is 14.9. The fourth-order valence-electron chi connectivity index (χ4n) is 4.71. The Kier molecular flexibility index (Phi) is 7.78. The Labute approximate surface area is 186 Å². The molecule has 0 radical (unpaired) electrons. The van der Waals surface area contributed by atoms with Crippen LogP contribution in [0.2, 0.25) is 0 Å². The molecule has 5 nitrogen and oxygen atoms in total. The zero-order valence-corrected chi connectivity index (χ0v) is 19.5. The number of aliphatic hydroxyl groups excluding tert-OH is 1. The summed E-state index contributed by atoms with van der Waals surface area (Å²) in [5.41, 5.74) is 0.822. The third-order valence-corrected chi connectivity index (χ3v) is 8.52. The standard InChI is InChI=1S/C25H34O5S/c1-4-6-14-25(5-2)18-31(27,28)22-13-12-20(30-16-15-29-3)17-21(22)23(24(25)26)19-10-8-7-9-11-19/h7-13,17,23-24,26H,4-6,14-16,18H2,1-3H3/t23-,24-,25+/m1/s1. The van der Waals surface area contributed by atoms with Crippen molar-refractivity contribution < 1.29 is 23.0 Å². The largest absolute Gasteiger partial charge is 0.491 e. The lowest BCUT2D eigenvalue weighted by Gasteiger charge is -2.39. The highest BCUT2D eigenvalue weighted by molar-refractivity contribution is 7.91. The Morgan fingerprint density at radius 2 is 1.84 bits per heavy atom. The number of fused-ring (bicyclic) bond motifs is 1. The minimum Gasteiger partial charge on any atom is -0.491 e. The van der Waals surface area contributed by atoms with Crippen LogP contribution in [0.3, 0.4) is 0 Å². The van der Waals surface area contributed by atoms with Gasteiger partial charge in [-0.25, -0.2) is 8.42 Å². The van der Waals surface area contributed by atoms with Crippen molar-refractivity contribution in [2.75, 3.05) is 26.1 Å². The molecule has 0 saturated heterocycles. The molecule has 1 aliphatic heterocycles. The highest BCUT2D eigenvalue weighted by atomic mass is 32.2. The molecular formula is C25H34O5S. The van der Waals surface area contributed by atoms with E-state index < -0.39 is 27.3 Å². The van der Waals surface area contributed by atoms with Crippen LogP contribution in [0.1, 0.15) is 56.6 Å². The van der Waals surface area contributed by atoms with Gasteiger partial charge in [-0.1, -0.05) is 57.0 Å². The fourth-order valence-corrected chi connectivity index (χ4v) is 6.96. The van der Waals surface area contributed by atoms with Crippen molar-refractivity contribution in [1.29, 1.82) is 0 Å². The quantitative estimate of drug-likeness (QED) is 0.571. The molecule has 6 heteroatoms. The second-order valence-electron chi connectivity index (χ2n) is 8.45. The Balaban J connectivity index is 2.19. The van der Waals surface area contributed by atoms with E-state index in [2.05, 4.69) is 6.92 Å². The van der Waals surface area contributed by atoms with Crippen LogP contribution in [0.15, 0.2) is 53.4 Å². The highest BCUT2D eigenvalue weighted by Gasteiger charge is 2.48. The first-order valence-corrected chi connectivity index (χ1v) is 12.7. The zero-order valence-electron chi connectivity index (χ0n) is 18.7. The second-order valence-corrected chi connectivity index (χ2v) is 10.4. The lowest BCUT2D eigenvalue weighted by Crippen LogP contribution is -2.42. The van der Waals surface area contributed by atoms with Crippen LogP contribution in [0.5, 0.6) is 5.75 Å². The van der Waals surface area contributed by atoms with E-state index in [1.54, 1.807) is 25.3 Å². The summed E-state index contributed by atoms with van der Waals surface area (Å²) in [5.74, 6) is 0.0886. The summed E-state index contributed by atoms with van der Waals surface area (Å²) >= 11 is 0. The molecule has 0 amide bonds. The Morgan fingerprint density at radius 3 is 2.48 bits per heavy atom. The van der Waals surface area contributed by atoms with Crippen molar-refractivity contribution in [3.05, 3.63) is 59.7 Å². The molecule has 0 bridgehead atoms. The molecule has 0 fully saturated rings. The summed E-state index contributed by atoms with van der Waals surface area (Å²) in [5, 5.41) is 11.8. The van der Waals surface area contributed by atoms with Crippen LogP contribution < -0.4 is 4.74 Å². The van der Waals surface area contributed by atoms with E-state index in [-0.39, 0.29) is 5.75 Å². The van der Waals surface area contributed by atoms with Gasteiger partial charge in [-0.05, 0) is 42.2 Å². The number of aliphatic hydroxyl groups is 1. The van der Waals surface area contributed by atoms with Crippen molar-refractivity contribution >= 4 is 9.84 Å². The maximum atomic E-state index is 13.6. The van der Waals surface area contributed by atoms with Crippen molar-refractivity contribution in [1.82, 2.24) is 0 Å². The average molecular weight is 447 g/mol. The maximum absolute atomic E-state index is 13.6. The molecule has 0 saturated carbocycles. The summed E-state index contributed by atoms with van der Waals surface area (Å²) in [4.78, 5) is 0.298. The Hall–Kier alpha value is -1.89. The van der Waals surface area contributed by atoms with Crippen molar-refractivity contribution in [3.63, 3.8) is 0 Å². The van der Waals surface area contributed by atoms with E-state index in [0.717, 1.165) is 18.4 Å². The van der Waals surface area contributed by atoms with Gasteiger partial charge in [0.2, 0.25) is 0 Å². The number of rotatable bonds is 9. The summed E-state index contributed by atoms with van der Waals surface area (Å²) in [6.45, 7) is 4.89. The van der Waals surface area contributed by atoms with Gasteiger partial charge in [0.05, 0.1) is 23.4 Å². The molecule has 1 aliphatic rings.